The van der Waals surface area contributed by atoms with E-state index in [1.165, 1.54) is 36.8 Å². The lowest BCUT2D eigenvalue weighted by Gasteiger charge is -2.09. The number of rotatable bonds is 7. The van der Waals surface area contributed by atoms with Gasteiger partial charge < -0.3 is 10.6 Å². The molecule has 7 heteroatoms. The molecular formula is C20H24N2O4S. The van der Waals surface area contributed by atoms with Crippen molar-refractivity contribution >= 4 is 33.0 Å². The third-order valence-electron chi connectivity index (χ3n) is 3.99. The molecule has 0 radical (unpaired) electrons. The maximum absolute atomic E-state index is 12.4. The van der Waals surface area contributed by atoms with Crippen LogP contribution in [0.1, 0.15) is 38.7 Å². The van der Waals surface area contributed by atoms with Gasteiger partial charge in [0.2, 0.25) is 11.8 Å². The Morgan fingerprint density at radius 1 is 0.889 bits per heavy atom. The van der Waals surface area contributed by atoms with Gasteiger partial charge in [0.15, 0.2) is 9.84 Å². The molecular weight excluding hydrogens is 364 g/mol. The van der Waals surface area contributed by atoms with E-state index in [0.717, 1.165) is 0 Å². The lowest BCUT2D eigenvalue weighted by atomic mass is 10.0. The summed E-state index contributed by atoms with van der Waals surface area (Å²) in [5.74, 6) is -0.478. The highest BCUT2D eigenvalue weighted by molar-refractivity contribution is 7.91. The summed E-state index contributed by atoms with van der Waals surface area (Å²) in [6.07, 6.45) is -0.137. The molecule has 0 spiro atoms. The largest absolute Gasteiger partial charge is 0.326 e. The summed E-state index contributed by atoms with van der Waals surface area (Å²) < 4.78 is 24.7. The normalized spacial score (nSPS) is 11.3. The SMILES string of the molecule is CC(=O)Nc1ccc(S(=O)(=O)CCC(=O)Nc2ccc(C(C)C)cc2)cc1. The predicted octanol–water partition coefficient (Wildman–Crippen LogP) is 3.57. The molecule has 6 nitrogen and oxygen atoms in total. The summed E-state index contributed by atoms with van der Waals surface area (Å²) in [7, 11) is -3.58. The second-order valence-corrected chi connectivity index (χ2v) is 8.71. The molecule has 144 valence electrons. The number of nitrogens with one attached hydrogen (secondary N) is 2. The first-order valence-electron chi connectivity index (χ1n) is 8.67. The molecule has 2 N–H and O–H groups in total. The Labute approximate surface area is 159 Å². The van der Waals surface area contributed by atoms with E-state index < -0.39 is 9.84 Å². The first-order chi connectivity index (χ1) is 12.7. The van der Waals surface area contributed by atoms with Crippen molar-refractivity contribution in [3.05, 3.63) is 54.1 Å². The third kappa shape index (κ3) is 6.21. The highest BCUT2D eigenvalue weighted by Crippen LogP contribution is 2.18. The van der Waals surface area contributed by atoms with Gasteiger partial charge in [-0.2, -0.15) is 0 Å². The second kappa shape index (κ2) is 8.81. The lowest BCUT2D eigenvalue weighted by Crippen LogP contribution is -2.17. The minimum Gasteiger partial charge on any atom is -0.326 e. The molecule has 0 saturated carbocycles. The number of sulfone groups is 1. The summed E-state index contributed by atoms with van der Waals surface area (Å²) >= 11 is 0. The Hall–Kier alpha value is -2.67. The van der Waals surface area contributed by atoms with Crippen molar-refractivity contribution < 1.29 is 18.0 Å². The van der Waals surface area contributed by atoms with Crippen LogP contribution in [-0.2, 0) is 19.4 Å². The van der Waals surface area contributed by atoms with Gasteiger partial charge in [-0.1, -0.05) is 26.0 Å². The van der Waals surface area contributed by atoms with Crippen molar-refractivity contribution in [2.45, 2.75) is 38.0 Å². The Morgan fingerprint density at radius 2 is 1.41 bits per heavy atom. The summed E-state index contributed by atoms with van der Waals surface area (Å²) in [5, 5.41) is 5.29. The van der Waals surface area contributed by atoms with Crippen molar-refractivity contribution in [3.8, 4) is 0 Å². The minimum absolute atomic E-state index is 0.116. The van der Waals surface area contributed by atoms with E-state index in [-0.39, 0.29) is 28.9 Å². The standard InChI is InChI=1S/C20H24N2O4S/c1-14(2)16-4-6-18(7-5-16)22-20(24)12-13-27(25,26)19-10-8-17(9-11-19)21-15(3)23/h4-11,14H,12-13H2,1-3H3,(H,21,23)(H,22,24). The molecule has 0 unspecified atom stereocenters. The van der Waals surface area contributed by atoms with Crippen LogP contribution in [-0.4, -0.2) is 26.0 Å². The molecule has 0 atom stereocenters. The monoisotopic (exact) mass is 388 g/mol. The van der Waals surface area contributed by atoms with Crippen LogP contribution in [0.2, 0.25) is 0 Å². The Kier molecular flexibility index (Phi) is 6.74. The first-order valence-corrected chi connectivity index (χ1v) is 10.3. The topological polar surface area (TPSA) is 92.3 Å². The van der Waals surface area contributed by atoms with Crippen LogP contribution < -0.4 is 10.6 Å². The van der Waals surface area contributed by atoms with Crippen LogP contribution in [0.4, 0.5) is 11.4 Å². The number of amides is 2. The fourth-order valence-corrected chi connectivity index (χ4v) is 3.71. The molecule has 2 rings (SSSR count). The van der Waals surface area contributed by atoms with Crippen LogP contribution in [0.3, 0.4) is 0 Å². The molecule has 27 heavy (non-hydrogen) atoms. The molecule has 0 fully saturated rings. The number of hydrogen-bond acceptors (Lipinski definition) is 4. The average Bonchev–Trinajstić information content (AvgIpc) is 2.60. The number of anilines is 2. The van der Waals surface area contributed by atoms with E-state index in [2.05, 4.69) is 24.5 Å². The first kappa shape index (κ1) is 20.6. The maximum Gasteiger partial charge on any atom is 0.225 e. The van der Waals surface area contributed by atoms with Crippen molar-refractivity contribution in [2.24, 2.45) is 0 Å². The summed E-state index contributed by atoms with van der Waals surface area (Å²) in [5.41, 5.74) is 2.32. The van der Waals surface area contributed by atoms with Crippen LogP contribution in [0.25, 0.3) is 0 Å². The van der Waals surface area contributed by atoms with Gasteiger partial charge in [0, 0.05) is 24.7 Å². The minimum atomic E-state index is -3.58. The molecule has 0 aromatic heterocycles. The van der Waals surface area contributed by atoms with E-state index in [1.54, 1.807) is 0 Å². The zero-order valence-corrected chi connectivity index (χ0v) is 16.5. The van der Waals surface area contributed by atoms with Crippen molar-refractivity contribution in [2.75, 3.05) is 16.4 Å². The molecule has 0 aliphatic heterocycles. The maximum atomic E-state index is 12.4. The van der Waals surface area contributed by atoms with Gasteiger partial charge in [-0.15, -0.1) is 0 Å². The molecule has 0 aliphatic rings. The highest BCUT2D eigenvalue weighted by atomic mass is 32.2. The molecule has 2 aromatic carbocycles. The number of hydrogen-bond donors (Lipinski definition) is 2. The lowest BCUT2D eigenvalue weighted by molar-refractivity contribution is -0.116. The second-order valence-electron chi connectivity index (χ2n) is 6.60. The van der Waals surface area contributed by atoms with Gasteiger partial charge in [-0.05, 0) is 47.9 Å². The summed E-state index contributed by atoms with van der Waals surface area (Å²) in [6, 6.07) is 13.4. The fourth-order valence-electron chi connectivity index (χ4n) is 2.47. The zero-order chi connectivity index (χ0) is 20.0. The van der Waals surface area contributed by atoms with E-state index in [0.29, 0.717) is 17.3 Å². The van der Waals surface area contributed by atoms with Gasteiger partial charge in [0.1, 0.15) is 0 Å². The van der Waals surface area contributed by atoms with Gasteiger partial charge in [-0.25, -0.2) is 8.42 Å². The van der Waals surface area contributed by atoms with E-state index in [9.17, 15) is 18.0 Å². The molecule has 0 aliphatic carbocycles. The fraction of sp³-hybridized carbons (Fsp3) is 0.300. The van der Waals surface area contributed by atoms with E-state index in [1.807, 2.05) is 24.3 Å². The number of benzene rings is 2. The Balaban J connectivity index is 1.93. The van der Waals surface area contributed by atoms with Crippen LogP contribution in [0.5, 0.6) is 0 Å². The number of carbonyl (C=O) groups excluding carboxylic acids is 2. The van der Waals surface area contributed by atoms with Gasteiger partial charge in [0.25, 0.3) is 0 Å². The predicted molar refractivity (Wildman–Crippen MR) is 107 cm³/mol. The number of carbonyl (C=O) groups is 2. The smallest absolute Gasteiger partial charge is 0.225 e. The molecule has 2 aromatic rings. The molecule has 0 saturated heterocycles. The third-order valence-corrected chi connectivity index (χ3v) is 5.72. The van der Waals surface area contributed by atoms with Crippen molar-refractivity contribution in [3.63, 3.8) is 0 Å². The van der Waals surface area contributed by atoms with Crippen molar-refractivity contribution in [1.82, 2.24) is 0 Å². The quantitative estimate of drug-likeness (QED) is 0.758. The van der Waals surface area contributed by atoms with E-state index in [4.69, 9.17) is 0 Å². The Bertz CT molecular complexity index is 902. The molecule has 0 bridgehead atoms. The zero-order valence-electron chi connectivity index (χ0n) is 15.7. The summed E-state index contributed by atoms with van der Waals surface area (Å²) in [4.78, 5) is 23.2. The average molecular weight is 388 g/mol. The molecule has 2 amide bonds. The summed E-state index contributed by atoms with van der Waals surface area (Å²) in [6.45, 7) is 5.54. The van der Waals surface area contributed by atoms with Gasteiger partial charge >= 0.3 is 0 Å². The van der Waals surface area contributed by atoms with E-state index >= 15 is 0 Å². The van der Waals surface area contributed by atoms with Crippen LogP contribution in [0.15, 0.2) is 53.4 Å². The molecule has 0 heterocycles. The van der Waals surface area contributed by atoms with Gasteiger partial charge in [0.05, 0.1) is 10.6 Å². The van der Waals surface area contributed by atoms with Crippen LogP contribution in [0, 0.1) is 0 Å². The van der Waals surface area contributed by atoms with Gasteiger partial charge in [-0.3, -0.25) is 9.59 Å². The Morgan fingerprint density at radius 3 is 1.93 bits per heavy atom. The highest BCUT2D eigenvalue weighted by Gasteiger charge is 2.16. The van der Waals surface area contributed by atoms with Crippen molar-refractivity contribution in [1.29, 1.82) is 0 Å². The van der Waals surface area contributed by atoms with Crippen LogP contribution >= 0.6 is 0 Å².